The number of Topliss-reactive ketones (excluding diaryl/α,β-unsaturated/α-hetero) is 1. The fraction of sp³-hybridized carbons (Fsp3) is 0.591. The molecule has 184 valence electrons. The smallest absolute Gasteiger partial charge is 0.252 e. The summed E-state index contributed by atoms with van der Waals surface area (Å²) in [5, 5.41) is 5.46. The molecule has 11 heteroatoms. The molecule has 0 bridgehead atoms. The van der Waals surface area contributed by atoms with Crippen LogP contribution >= 0.6 is 0 Å². The Balaban J connectivity index is 2.13. The molecule has 1 aliphatic heterocycles. The van der Waals surface area contributed by atoms with Gasteiger partial charge in [0, 0.05) is 12.1 Å². The third kappa shape index (κ3) is 7.43. The normalized spacial score (nSPS) is 18.4. The van der Waals surface area contributed by atoms with Crippen LogP contribution in [-0.2, 0) is 19.6 Å². The lowest BCUT2D eigenvalue weighted by atomic mass is 10.0. The molecule has 1 fully saturated rings. The highest BCUT2D eigenvalue weighted by molar-refractivity contribution is 7.88. The molecular weight excluding hydrogens is 450 g/mol. The van der Waals surface area contributed by atoms with Crippen molar-refractivity contribution in [3.63, 3.8) is 0 Å². The predicted octanol–water partition coefficient (Wildman–Crippen LogP) is 0.958. The van der Waals surface area contributed by atoms with Crippen LogP contribution in [0, 0.1) is 5.92 Å². The first kappa shape index (κ1) is 26.6. The maximum absolute atomic E-state index is 13.0. The van der Waals surface area contributed by atoms with E-state index in [1.54, 1.807) is 12.1 Å². The summed E-state index contributed by atoms with van der Waals surface area (Å²) in [7, 11) is -0.548. The molecule has 0 aromatic heterocycles. The highest BCUT2D eigenvalue weighted by Gasteiger charge is 2.32. The van der Waals surface area contributed by atoms with E-state index in [4.69, 9.17) is 9.47 Å². The van der Waals surface area contributed by atoms with E-state index in [1.165, 1.54) is 20.3 Å². The minimum absolute atomic E-state index is 0.0945. The number of nitrogens with one attached hydrogen (secondary N) is 2. The van der Waals surface area contributed by atoms with Gasteiger partial charge in [0.1, 0.15) is 6.04 Å². The quantitative estimate of drug-likeness (QED) is 0.535. The first-order valence-electron chi connectivity index (χ1n) is 10.8. The number of amides is 2. The summed E-state index contributed by atoms with van der Waals surface area (Å²) in [6, 6.07) is 3.01. The van der Waals surface area contributed by atoms with Crippen molar-refractivity contribution in [2.45, 2.75) is 45.2 Å². The van der Waals surface area contributed by atoms with Gasteiger partial charge in [-0.1, -0.05) is 13.8 Å². The Bertz CT molecular complexity index is 978. The Labute approximate surface area is 195 Å². The number of carbonyl (C=O) groups excluding carboxylic acids is 3. The predicted molar refractivity (Wildman–Crippen MR) is 123 cm³/mol. The van der Waals surface area contributed by atoms with Crippen LogP contribution < -0.4 is 20.1 Å². The maximum atomic E-state index is 13.0. The van der Waals surface area contributed by atoms with Gasteiger partial charge >= 0.3 is 0 Å². The van der Waals surface area contributed by atoms with E-state index < -0.39 is 33.9 Å². The number of hydrogen-bond donors (Lipinski definition) is 2. The zero-order chi connectivity index (χ0) is 24.8. The maximum Gasteiger partial charge on any atom is 0.252 e. The molecule has 33 heavy (non-hydrogen) atoms. The van der Waals surface area contributed by atoms with Crippen LogP contribution in [-0.4, -0.2) is 76.0 Å². The van der Waals surface area contributed by atoms with E-state index in [2.05, 4.69) is 10.6 Å². The zero-order valence-electron chi connectivity index (χ0n) is 19.7. The fourth-order valence-electron chi connectivity index (χ4n) is 3.63. The number of carbonyl (C=O) groups is 3. The van der Waals surface area contributed by atoms with Crippen molar-refractivity contribution >= 4 is 27.6 Å². The van der Waals surface area contributed by atoms with Gasteiger partial charge in [-0.05, 0) is 43.4 Å². The van der Waals surface area contributed by atoms with Gasteiger partial charge < -0.3 is 20.1 Å². The second-order valence-corrected chi connectivity index (χ2v) is 10.5. The third-order valence-electron chi connectivity index (χ3n) is 5.38. The Morgan fingerprint density at radius 1 is 1.18 bits per heavy atom. The average Bonchev–Trinajstić information content (AvgIpc) is 2.93. The van der Waals surface area contributed by atoms with Crippen LogP contribution in [0.15, 0.2) is 18.2 Å². The minimum Gasteiger partial charge on any atom is -0.493 e. The van der Waals surface area contributed by atoms with Gasteiger partial charge in [0.15, 0.2) is 17.3 Å². The Morgan fingerprint density at radius 2 is 1.85 bits per heavy atom. The minimum atomic E-state index is -3.50. The molecule has 1 unspecified atom stereocenters. The molecular formula is C22H33N3O7S. The van der Waals surface area contributed by atoms with E-state index >= 15 is 0 Å². The summed E-state index contributed by atoms with van der Waals surface area (Å²) in [5.41, 5.74) is 0.295. The standard InChI is InChI=1S/C22H33N3O7S/c1-14(2)11-17(24-21(27)15-8-9-19(31-3)20(12-15)32-4)22(28)23-16-7-6-10-25(13-18(16)26)33(5,29)30/h8-9,12,14,16-17H,6-7,10-11,13H2,1-5H3,(H,23,28)(H,24,27)/t16-,17?/m1/s1. The van der Waals surface area contributed by atoms with Crippen LogP contribution in [0.4, 0.5) is 0 Å². The third-order valence-corrected chi connectivity index (χ3v) is 6.63. The van der Waals surface area contributed by atoms with Crippen molar-refractivity contribution in [2.24, 2.45) is 5.92 Å². The van der Waals surface area contributed by atoms with Gasteiger partial charge in [0.05, 0.1) is 33.1 Å². The molecule has 1 aliphatic rings. The van der Waals surface area contributed by atoms with Crippen molar-refractivity contribution in [3.8, 4) is 11.5 Å². The Kier molecular flexibility index (Phi) is 9.24. The molecule has 10 nitrogen and oxygen atoms in total. The summed E-state index contributed by atoms with van der Waals surface area (Å²) in [5.74, 6) is -0.372. The number of methoxy groups -OCH3 is 2. The van der Waals surface area contributed by atoms with Gasteiger partial charge in [0.2, 0.25) is 15.9 Å². The average molecular weight is 484 g/mol. The summed E-state index contributed by atoms with van der Waals surface area (Å²) < 4.78 is 35.1. The summed E-state index contributed by atoms with van der Waals surface area (Å²) in [4.78, 5) is 38.5. The van der Waals surface area contributed by atoms with Gasteiger partial charge in [-0.15, -0.1) is 0 Å². The number of nitrogens with zero attached hydrogens (tertiary/aromatic N) is 1. The highest BCUT2D eigenvalue weighted by Crippen LogP contribution is 2.27. The molecule has 2 rings (SSSR count). The number of rotatable bonds is 9. The molecule has 2 N–H and O–H groups in total. The molecule has 1 saturated heterocycles. The van der Waals surface area contributed by atoms with E-state index in [0.717, 1.165) is 10.6 Å². The number of sulfonamides is 1. The number of benzene rings is 1. The first-order valence-corrected chi connectivity index (χ1v) is 12.6. The Hall–Kier alpha value is -2.66. The Morgan fingerprint density at radius 3 is 2.42 bits per heavy atom. The van der Waals surface area contributed by atoms with Gasteiger partial charge in [-0.3, -0.25) is 14.4 Å². The molecule has 1 aromatic rings. The number of hydrogen-bond acceptors (Lipinski definition) is 7. The van der Waals surface area contributed by atoms with Gasteiger partial charge in [-0.2, -0.15) is 4.31 Å². The first-order chi connectivity index (χ1) is 15.5. The van der Waals surface area contributed by atoms with Crippen molar-refractivity contribution in [2.75, 3.05) is 33.6 Å². The summed E-state index contributed by atoms with van der Waals surface area (Å²) in [6.07, 6.45) is 2.19. The molecule has 0 radical (unpaired) electrons. The van der Waals surface area contributed by atoms with Gasteiger partial charge in [0.25, 0.3) is 5.91 Å². The molecule has 0 saturated carbocycles. The van der Waals surface area contributed by atoms with E-state index in [1.807, 2.05) is 13.8 Å². The zero-order valence-corrected chi connectivity index (χ0v) is 20.5. The number of ether oxygens (including phenoxy) is 2. The fourth-order valence-corrected chi connectivity index (χ4v) is 4.45. The van der Waals surface area contributed by atoms with Crippen molar-refractivity contribution in [1.82, 2.24) is 14.9 Å². The molecule has 0 spiro atoms. The largest absolute Gasteiger partial charge is 0.493 e. The van der Waals surface area contributed by atoms with E-state index in [-0.39, 0.29) is 24.8 Å². The lowest BCUT2D eigenvalue weighted by molar-refractivity contribution is -0.129. The van der Waals surface area contributed by atoms with E-state index in [9.17, 15) is 22.8 Å². The number of ketones is 1. The van der Waals surface area contributed by atoms with Crippen LogP contribution in [0.25, 0.3) is 0 Å². The van der Waals surface area contributed by atoms with Crippen LogP contribution in [0.1, 0.15) is 43.5 Å². The molecule has 1 aromatic carbocycles. The highest BCUT2D eigenvalue weighted by atomic mass is 32.2. The lowest BCUT2D eigenvalue weighted by Gasteiger charge is -2.23. The van der Waals surface area contributed by atoms with Crippen molar-refractivity contribution in [1.29, 1.82) is 0 Å². The summed E-state index contributed by atoms with van der Waals surface area (Å²) in [6.45, 7) is 3.78. The molecule has 1 heterocycles. The van der Waals surface area contributed by atoms with Gasteiger partial charge in [-0.25, -0.2) is 8.42 Å². The van der Waals surface area contributed by atoms with Crippen LogP contribution in [0.5, 0.6) is 11.5 Å². The lowest BCUT2D eigenvalue weighted by Crippen LogP contribution is -2.52. The van der Waals surface area contributed by atoms with Crippen molar-refractivity contribution in [3.05, 3.63) is 23.8 Å². The second-order valence-electron chi connectivity index (χ2n) is 8.49. The van der Waals surface area contributed by atoms with Crippen LogP contribution in [0.2, 0.25) is 0 Å². The topological polar surface area (TPSA) is 131 Å². The monoisotopic (exact) mass is 483 g/mol. The molecule has 0 aliphatic carbocycles. The second kappa shape index (κ2) is 11.5. The SMILES string of the molecule is COc1ccc(C(=O)NC(CC(C)C)C(=O)N[C@@H]2CCCN(S(C)(=O)=O)CC2=O)cc1OC. The van der Waals surface area contributed by atoms with Crippen LogP contribution in [0.3, 0.4) is 0 Å². The molecule has 2 atom stereocenters. The summed E-state index contributed by atoms with van der Waals surface area (Å²) >= 11 is 0. The molecule has 2 amide bonds. The van der Waals surface area contributed by atoms with Crippen molar-refractivity contribution < 1.29 is 32.3 Å². The van der Waals surface area contributed by atoms with E-state index in [0.29, 0.717) is 36.3 Å².